The summed E-state index contributed by atoms with van der Waals surface area (Å²) in [6.45, 7) is 1.67. The molecule has 2 aromatic heterocycles. The molecule has 154 valence electrons. The fraction of sp³-hybridized carbons (Fsp3) is 0.190. The summed E-state index contributed by atoms with van der Waals surface area (Å²) in [5, 5.41) is 0. The Morgan fingerprint density at radius 1 is 1.13 bits per heavy atom. The lowest BCUT2D eigenvalue weighted by Gasteiger charge is -2.06. The first kappa shape index (κ1) is 20.2. The van der Waals surface area contributed by atoms with Crippen molar-refractivity contribution in [1.82, 2.24) is 9.38 Å². The van der Waals surface area contributed by atoms with E-state index in [2.05, 4.69) is 4.98 Å². The zero-order chi connectivity index (χ0) is 21.3. The highest BCUT2D eigenvalue weighted by Crippen LogP contribution is 2.23. The summed E-state index contributed by atoms with van der Waals surface area (Å²) in [7, 11) is -3.57. The number of hydrogen-bond acceptors (Lipinski definition) is 7. The Morgan fingerprint density at radius 3 is 2.63 bits per heavy atom. The number of fused-ring (bicyclic) bond motifs is 3. The molecule has 0 aliphatic rings. The maximum Gasteiger partial charge on any atom is 0.307 e. The van der Waals surface area contributed by atoms with Gasteiger partial charge in [-0.3, -0.25) is 14.0 Å². The van der Waals surface area contributed by atoms with Crippen molar-refractivity contribution in [3.05, 3.63) is 76.2 Å². The van der Waals surface area contributed by atoms with Crippen LogP contribution in [0.25, 0.3) is 15.2 Å². The summed E-state index contributed by atoms with van der Waals surface area (Å²) in [6.07, 6.45) is -0.277. The molecule has 9 heteroatoms. The minimum atomic E-state index is -3.57. The fourth-order valence-electron chi connectivity index (χ4n) is 3.00. The number of para-hydroxylation sites is 1. The van der Waals surface area contributed by atoms with E-state index in [1.165, 1.54) is 33.9 Å². The number of aryl methyl sites for hydroxylation is 1. The van der Waals surface area contributed by atoms with E-state index in [4.69, 9.17) is 4.74 Å². The smallest absolute Gasteiger partial charge is 0.307 e. The molecule has 2 heterocycles. The van der Waals surface area contributed by atoms with Crippen LogP contribution in [0.15, 0.2) is 64.3 Å². The largest absolute Gasteiger partial charge is 0.459 e. The molecule has 2 aromatic carbocycles. The number of nitrogens with zero attached hydrogens (tertiary/aromatic N) is 2. The van der Waals surface area contributed by atoms with E-state index < -0.39 is 15.8 Å². The number of ether oxygens (including phenoxy) is 1. The Hall–Kier alpha value is -3.04. The monoisotopic (exact) mass is 442 g/mol. The molecule has 0 saturated heterocycles. The Labute approximate surface area is 176 Å². The minimum absolute atomic E-state index is 0.172. The SMILES string of the molecule is Cc1ccc(S(=O)(=O)CCC(=O)OCc2cc(=O)n3c(n2)sc2ccccc23)cc1. The Bertz CT molecular complexity index is 1400. The first-order valence-electron chi connectivity index (χ1n) is 9.19. The van der Waals surface area contributed by atoms with Crippen molar-refractivity contribution in [2.45, 2.75) is 24.8 Å². The van der Waals surface area contributed by atoms with Gasteiger partial charge in [0.2, 0.25) is 0 Å². The van der Waals surface area contributed by atoms with Crippen LogP contribution in [0, 0.1) is 6.92 Å². The molecule has 0 saturated carbocycles. The average Bonchev–Trinajstić information content (AvgIpc) is 3.10. The number of aromatic nitrogens is 2. The predicted octanol–water partition coefficient (Wildman–Crippen LogP) is 3.12. The van der Waals surface area contributed by atoms with E-state index >= 15 is 0 Å². The van der Waals surface area contributed by atoms with Crippen molar-refractivity contribution >= 4 is 42.3 Å². The summed E-state index contributed by atoms with van der Waals surface area (Å²) in [5.41, 5.74) is 1.79. The topological polar surface area (TPSA) is 94.8 Å². The molecule has 30 heavy (non-hydrogen) atoms. The van der Waals surface area contributed by atoms with Crippen LogP contribution in [0.1, 0.15) is 17.7 Å². The van der Waals surface area contributed by atoms with Crippen LogP contribution in [-0.2, 0) is 26.0 Å². The van der Waals surface area contributed by atoms with Gasteiger partial charge in [0.15, 0.2) is 14.8 Å². The van der Waals surface area contributed by atoms with Crippen LogP contribution in [0.4, 0.5) is 0 Å². The molecular weight excluding hydrogens is 424 g/mol. The lowest BCUT2D eigenvalue weighted by atomic mass is 10.2. The lowest BCUT2D eigenvalue weighted by Crippen LogP contribution is -2.16. The third-order valence-electron chi connectivity index (χ3n) is 4.58. The van der Waals surface area contributed by atoms with Crippen LogP contribution >= 0.6 is 11.3 Å². The molecular formula is C21H18N2O5S2. The number of hydrogen-bond donors (Lipinski definition) is 0. The van der Waals surface area contributed by atoms with E-state index in [0.29, 0.717) is 10.7 Å². The molecule has 4 rings (SSSR count). The van der Waals surface area contributed by atoms with Crippen LogP contribution in [0.3, 0.4) is 0 Å². The van der Waals surface area contributed by atoms with E-state index in [-0.39, 0.29) is 29.2 Å². The Balaban J connectivity index is 1.42. The molecule has 0 radical (unpaired) electrons. The van der Waals surface area contributed by atoms with Crippen molar-refractivity contribution in [1.29, 1.82) is 0 Å². The fourth-order valence-corrected chi connectivity index (χ4v) is 5.28. The zero-order valence-corrected chi connectivity index (χ0v) is 17.7. The highest BCUT2D eigenvalue weighted by atomic mass is 32.2. The van der Waals surface area contributed by atoms with Crippen LogP contribution in [-0.4, -0.2) is 29.5 Å². The molecule has 0 N–H and O–H groups in total. The first-order chi connectivity index (χ1) is 14.3. The summed E-state index contributed by atoms with van der Waals surface area (Å²) in [6, 6.07) is 15.3. The molecule has 0 aliphatic heterocycles. The Morgan fingerprint density at radius 2 is 1.87 bits per heavy atom. The van der Waals surface area contributed by atoms with Crippen molar-refractivity contribution in [2.24, 2.45) is 0 Å². The number of sulfone groups is 1. The van der Waals surface area contributed by atoms with Crippen LogP contribution in [0.2, 0.25) is 0 Å². The molecule has 0 fully saturated rings. The second-order valence-corrected chi connectivity index (χ2v) is 9.93. The van der Waals surface area contributed by atoms with Gasteiger partial charge in [-0.1, -0.05) is 41.2 Å². The van der Waals surface area contributed by atoms with E-state index in [0.717, 1.165) is 15.8 Å². The summed E-state index contributed by atoms with van der Waals surface area (Å²) in [5.74, 6) is -1.01. The summed E-state index contributed by atoms with van der Waals surface area (Å²) < 4.78 is 32.3. The average molecular weight is 443 g/mol. The number of rotatable bonds is 6. The lowest BCUT2D eigenvalue weighted by molar-refractivity contribution is -0.144. The number of carbonyl (C=O) groups excluding carboxylic acids is 1. The van der Waals surface area contributed by atoms with Crippen LogP contribution in [0.5, 0.6) is 0 Å². The first-order valence-corrected chi connectivity index (χ1v) is 11.7. The predicted molar refractivity (Wildman–Crippen MR) is 114 cm³/mol. The van der Waals surface area contributed by atoms with Gasteiger partial charge in [-0.05, 0) is 31.2 Å². The van der Waals surface area contributed by atoms with Crippen molar-refractivity contribution in [3.63, 3.8) is 0 Å². The molecule has 0 spiro atoms. The number of thiazole rings is 1. The van der Waals surface area contributed by atoms with E-state index in [1.807, 2.05) is 31.2 Å². The van der Waals surface area contributed by atoms with Crippen molar-refractivity contribution < 1.29 is 17.9 Å². The van der Waals surface area contributed by atoms with Gasteiger partial charge in [-0.2, -0.15) is 0 Å². The molecule has 7 nitrogen and oxygen atoms in total. The highest BCUT2D eigenvalue weighted by Gasteiger charge is 2.17. The summed E-state index contributed by atoms with van der Waals surface area (Å²) in [4.78, 5) is 29.6. The van der Waals surface area contributed by atoms with Gasteiger partial charge in [-0.15, -0.1) is 0 Å². The number of esters is 1. The van der Waals surface area contributed by atoms with Gasteiger partial charge in [0.1, 0.15) is 6.61 Å². The van der Waals surface area contributed by atoms with Gasteiger partial charge in [0.05, 0.1) is 33.0 Å². The molecule has 0 amide bonds. The highest BCUT2D eigenvalue weighted by molar-refractivity contribution is 7.91. The zero-order valence-electron chi connectivity index (χ0n) is 16.1. The third-order valence-corrected chi connectivity index (χ3v) is 7.34. The molecule has 0 bridgehead atoms. The van der Waals surface area contributed by atoms with E-state index in [1.54, 1.807) is 12.1 Å². The molecule has 4 aromatic rings. The van der Waals surface area contributed by atoms with Crippen molar-refractivity contribution in [2.75, 3.05) is 5.75 Å². The van der Waals surface area contributed by atoms with Gasteiger partial charge < -0.3 is 4.74 Å². The maximum atomic E-state index is 12.5. The number of carbonyl (C=O) groups is 1. The number of benzene rings is 2. The third kappa shape index (κ3) is 4.12. The normalized spacial score (nSPS) is 11.8. The maximum absolute atomic E-state index is 12.5. The minimum Gasteiger partial charge on any atom is -0.459 e. The molecule has 0 unspecified atom stereocenters. The standard InChI is InChI=1S/C21H18N2O5S2/c1-14-6-8-16(9-7-14)30(26,27)11-10-20(25)28-13-15-12-19(24)23-17-4-2-3-5-18(17)29-21(23)22-15/h2-9,12H,10-11,13H2,1H3. The Kier molecular flexibility index (Phi) is 5.40. The quantitative estimate of drug-likeness (QED) is 0.426. The van der Waals surface area contributed by atoms with Gasteiger partial charge in [0, 0.05) is 6.07 Å². The summed E-state index contributed by atoms with van der Waals surface area (Å²) >= 11 is 1.37. The van der Waals surface area contributed by atoms with Gasteiger partial charge in [-0.25, -0.2) is 13.4 Å². The van der Waals surface area contributed by atoms with E-state index in [9.17, 15) is 18.0 Å². The molecule has 0 atom stereocenters. The second kappa shape index (κ2) is 8.00. The van der Waals surface area contributed by atoms with Gasteiger partial charge in [0.25, 0.3) is 5.56 Å². The van der Waals surface area contributed by atoms with Crippen LogP contribution < -0.4 is 5.56 Å². The van der Waals surface area contributed by atoms with Crippen molar-refractivity contribution in [3.8, 4) is 0 Å². The second-order valence-electron chi connectivity index (χ2n) is 6.82. The van der Waals surface area contributed by atoms with Gasteiger partial charge >= 0.3 is 5.97 Å². The molecule has 0 aliphatic carbocycles.